The molecule has 0 bridgehead atoms. The Labute approximate surface area is 123 Å². The predicted molar refractivity (Wildman–Crippen MR) is 82.8 cm³/mol. The molecule has 0 amide bonds. The highest BCUT2D eigenvalue weighted by molar-refractivity contribution is 5.25. The fourth-order valence-electron chi connectivity index (χ4n) is 2.27. The van der Waals surface area contributed by atoms with Crippen molar-refractivity contribution >= 4 is 0 Å². The molecular weight excluding hydrogens is 250 g/mol. The number of aryl methyl sites for hydroxylation is 2. The molecule has 1 unspecified atom stereocenters. The van der Waals surface area contributed by atoms with Gasteiger partial charge in [0.05, 0.1) is 0 Å². The highest BCUT2D eigenvalue weighted by Crippen LogP contribution is 2.27. The summed E-state index contributed by atoms with van der Waals surface area (Å²) in [6.07, 6.45) is 2.00. The maximum absolute atomic E-state index is 5.87. The van der Waals surface area contributed by atoms with Gasteiger partial charge in [0.15, 0.2) is 5.82 Å². The minimum absolute atomic E-state index is 0.389. The van der Waals surface area contributed by atoms with Crippen LogP contribution in [0.15, 0.2) is 0 Å². The van der Waals surface area contributed by atoms with Gasteiger partial charge in [0.2, 0.25) is 0 Å². The third-order valence-electron chi connectivity index (χ3n) is 3.76. The molecular formula is C16H29N3O. The SMILES string of the molecule is CCCNCc1c(C)nc(C(C)(CC)OCC)nc1C. The Balaban J connectivity index is 3.03. The van der Waals surface area contributed by atoms with Crippen LogP contribution in [0.25, 0.3) is 0 Å². The Bertz CT molecular complexity index is 411. The van der Waals surface area contributed by atoms with Gasteiger partial charge in [0.1, 0.15) is 5.60 Å². The van der Waals surface area contributed by atoms with E-state index in [2.05, 4.69) is 39.9 Å². The van der Waals surface area contributed by atoms with Crippen molar-refractivity contribution in [1.82, 2.24) is 15.3 Å². The predicted octanol–water partition coefficient (Wildman–Crippen LogP) is 3.25. The van der Waals surface area contributed by atoms with Crippen LogP contribution in [0, 0.1) is 13.8 Å². The van der Waals surface area contributed by atoms with Gasteiger partial charge in [0.25, 0.3) is 0 Å². The van der Waals surface area contributed by atoms with Crippen LogP contribution in [0.3, 0.4) is 0 Å². The highest BCUT2D eigenvalue weighted by Gasteiger charge is 2.29. The third kappa shape index (κ3) is 4.00. The zero-order valence-electron chi connectivity index (χ0n) is 13.8. The number of aromatic nitrogens is 2. The molecule has 0 spiro atoms. The first-order valence-corrected chi connectivity index (χ1v) is 7.67. The van der Waals surface area contributed by atoms with Crippen molar-refractivity contribution in [3.05, 3.63) is 22.8 Å². The second kappa shape index (κ2) is 7.70. The lowest BCUT2D eigenvalue weighted by molar-refractivity contribution is -0.0393. The fraction of sp³-hybridized carbons (Fsp3) is 0.750. The van der Waals surface area contributed by atoms with E-state index in [9.17, 15) is 0 Å². The number of nitrogens with zero attached hydrogens (tertiary/aromatic N) is 2. The molecule has 114 valence electrons. The lowest BCUT2D eigenvalue weighted by Gasteiger charge is -2.27. The molecule has 4 heteroatoms. The first-order valence-electron chi connectivity index (χ1n) is 7.67. The maximum atomic E-state index is 5.87. The second-order valence-corrected chi connectivity index (χ2v) is 5.39. The van der Waals surface area contributed by atoms with Gasteiger partial charge in [-0.2, -0.15) is 0 Å². The molecule has 1 rings (SSSR count). The van der Waals surface area contributed by atoms with Gasteiger partial charge < -0.3 is 10.1 Å². The van der Waals surface area contributed by atoms with E-state index in [-0.39, 0.29) is 5.60 Å². The summed E-state index contributed by atoms with van der Waals surface area (Å²) < 4.78 is 5.87. The largest absolute Gasteiger partial charge is 0.368 e. The number of hydrogen-bond donors (Lipinski definition) is 1. The monoisotopic (exact) mass is 279 g/mol. The van der Waals surface area contributed by atoms with Gasteiger partial charge in [-0.3, -0.25) is 0 Å². The molecule has 0 saturated heterocycles. The minimum atomic E-state index is -0.389. The molecule has 0 aliphatic rings. The van der Waals surface area contributed by atoms with Gasteiger partial charge >= 0.3 is 0 Å². The van der Waals surface area contributed by atoms with Gasteiger partial charge in [-0.1, -0.05) is 13.8 Å². The van der Waals surface area contributed by atoms with Crippen LogP contribution in [-0.4, -0.2) is 23.1 Å². The van der Waals surface area contributed by atoms with E-state index in [1.54, 1.807) is 0 Å². The van der Waals surface area contributed by atoms with Crippen LogP contribution in [0.4, 0.5) is 0 Å². The molecule has 0 saturated carbocycles. The zero-order valence-corrected chi connectivity index (χ0v) is 13.8. The van der Waals surface area contributed by atoms with Crippen molar-refractivity contribution in [2.75, 3.05) is 13.2 Å². The number of hydrogen-bond acceptors (Lipinski definition) is 4. The van der Waals surface area contributed by atoms with Crippen LogP contribution in [0.5, 0.6) is 0 Å². The molecule has 0 aliphatic carbocycles. The summed E-state index contributed by atoms with van der Waals surface area (Å²) in [4.78, 5) is 9.40. The Morgan fingerprint density at radius 1 is 1.10 bits per heavy atom. The number of rotatable bonds is 8. The standard InChI is InChI=1S/C16H29N3O/c1-7-10-17-11-14-12(4)18-15(19-13(14)5)16(6,8-2)20-9-3/h17H,7-11H2,1-6H3. The fourth-order valence-corrected chi connectivity index (χ4v) is 2.27. The molecule has 0 aromatic carbocycles. The van der Waals surface area contributed by atoms with E-state index in [1.165, 1.54) is 5.56 Å². The molecule has 0 fully saturated rings. The molecule has 1 aromatic rings. The molecule has 0 aliphatic heterocycles. The third-order valence-corrected chi connectivity index (χ3v) is 3.76. The Kier molecular flexibility index (Phi) is 6.56. The summed E-state index contributed by atoms with van der Waals surface area (Å²) >= 11 is 0. The smallest absolute Gasteiger partial charge is 0.160 e. The summed E-state index contributed by atoms with van der Waals surface area (Å²) in [5, 5.41) is 3.42. The maximum Gasteiger partial charge on any atom is 0.160 e. The topological polar surface area (TPSA) is 47.0 Å². The quantitative estimate of drug-likeness (QED) is 0.742. The minimum Gasteiger partial charge on any atom is -0.368 e. The van der Waals surface area contributed by atoms with Crippen molar-refractivity contribution < 1.29 is 4.74 Å². The average Bonchev–Trinajstić information content (AvgIpc) is 2.41. The van der Waals surface area contributed by atoms with Crippen LogP contribution in [-0.2, 0) is 16.9 Å². The van der Waals surface area contributed by atoms with Crippen LogP contribution in [0.1, 0.15) is 63.3 Å². The van der Waals surface area contributed by atoms with Gasteiger partial charge in [0, 0.05) is 30.1 Å². The summed E-state index contributed by atoms with van der Waals surface area (Å²) in [6, 6.07) is 0. The van der Waals surface area contributed by atoms with E-state index in [0.29, 0.717) is 6.61 Å². The van der Waals surface area contributed by atoms with E-state index < -0.39 is 0 Å². The normalized spacial score (nSPS) is 14.3. The van der Waals surface area contributed by atoms with Crippen LogP contribution in [0.2, 0.25) is 0 Å². The first kappa shape index (κ1) is 17.1. The lowest BCUT2D eigenvalue weighted by atomic mass is 10.0. The zero-order chi connectivity index (χ0) is 15.2. The Morgan fingerprint density at radius 2 is 1.70 bits per heavy atom. The van der Waals surface area contributed by atoms with Crippen molar-refractivity contribution in [2.45, 2.75) is 66.5 Å². The van der Waals surface area contributed by atoms with Crippen molar-refractivity contribution in [3.8, 4) is 0 Å². The van der Waals surface area contributed by atoms with Crippen LogP contribution < -0.4 is 5.32 Å². The van der Waals surface area contributed by atoms with Crippen molar-refractivity contribution in [1.29, 1.82) is 0 Å². The van der Waals surface area contributed by atoms with Crippen molar-refractivity contribution in [2.24, 2.45) is 0 Å². The average molecular weight is 279 g/mol. The van der Waals surface area contributed by atoms with Gasteiger partial charge in [-0.15, -0.1) is 0 Å². The first-order chi connectivity index (χ1) is 9.48. The molecule has 0 radical (unpaired) electrons. The van der Waals surface area contributed by atoms with Gasteiger partial charge in [-0.05, 0) is 47.1 Å². The second-order valence-electron chi connectivity index (χ2n) is 5.39. The van der Waals surface area contributed by atoms with Crippen LogP contribution >= 0.6 is 0 Å². The van der Waals surface area contributed by atoms with Crippen molar-refractivity contribution in [3.63, 3.8) is 0 Å². The lowest BCUT2D eigenvalue weighted by Crippen LogP contribution is -2.29. The summed E-state index contributed by atoms with van der Waals surface area (Å²) in [6.45, 7) is 15.0. The molecule has 1 N–H and O–H groups in total. The van der Waals surface area contributed by atoms with E-state index in [1.807, 2.05) is 6.92 Å². The van der Waals surface area contributed by atoms with E-state index in [4.69, 9.17) is 14.7 Å². The molecule has 4 nitrogen and oxygen atoms in total. The molecule has 1 heterocycles. The summed E-state index contributed by atoms with van der Waals surface area (Å²) in [5.41, 5.74) is 2.92. The number of nitrogens with one attached hydrogen (secondary N) is 1. The van der Waals surface area contributed by atoms with E-state index >= 15 is 0 Å². The number of ether oxygens (including phenoxy) is 1. The Morgan fingerprint density at radius 3 is 2.15 bits per heavy atom. The van der Waals surface area contributed by atoms with Gasteiger partial charge in [-0.25, -0.2) is 9.97 Å². The summed E-state index contributed by atoms with van der Waals surface area (Å²) in [5.74, 6) is 0.802. The molecule has 20 heavy (non-hydrogen) atoms. The molecule has 1 aromatic heterocycles. The molecule has 1 atom stereocenters. The highest BCUT2D eigenvalue weighted by atomic mass is 16.5. The Hall–Kier alpha value is -1.00. The summed E-state index contributed by atoms with van der Waals surface area (Å²) in [7, 11) is 0. The van der Waals surface area contributed by atoms with E-state index in [0.717, 1.165) is 43.1 Å².